The Morgan fingerprint density at radius 3 is 2.20 bits per heavy atom. The van der Waals surface area contributed by atoms with Crippen molar-refractivity contribution < 1.29 is 29.6 Å². The Hall–Kier alpha value is -5.00. The van der Waals surface area contributed by atoms with Crippen LogP contribution in [0.4, 0.5) is 0 Å². The minimum atomic E-state index is -1.86. The van der Waals surface area contributed by atoms with Crippen LogP contribution in [0.2, 0.25) is 0 Å². The Bertz CT molecular complexity index is 1940. The molecule has 1 aliphatic heterocycles. The van der Waals surface area contributed by atoms with Crippen LogP contribution in [-0.4, -0.2) is 70.6 Å². The molecule has 0 saturated carbocycles. The van der Waals surface area contributed by atoms with Crippen molar-refractivity contribution in [2.45, 2.75) is 56.8 Å². The molecule has 0 aliphatic carbocycles. The molecular formula is C44H51N3O7. The van der Waals surface area contributed by atoms with E-state index in [2.05, 4.69) is 27.3 Å². The van der Waals surface area contributed by atoms with Gasteiger partial charge in [0.15, 0.2) is 0 Å². The molecule has 4 aromatic carbocycles. The largest absolute Gasteiger partial charge is 0.506 e. The number of aromatic nitrogens is 1. The Morgan fingerprint density at radius 2 is 1.52 bits per heavy atom. The van der Waals surface area contributed by atoms with Gasteiger partial charge in [0.25, 0.3) is 0 Å². The smallest absolute Gasteiger partial charge is 0.347 e. The van der Waals surface area contributed by atoms with Crippen molar-refractivity contribution >= 4 is 16.9 Å². The number of phenolic OH excluding ortho intramolecular Hbond substituents is 1. The highest BCUT2D eigenvalue weighted by molar-refractivity contribution is 5.87. The van der Waals surface area contributed by atoms with E-state index in [-0.39, 0.29) is 23.8 Å². The molecule has 10 heteroatoms. The fourth-order valence-electron chi connectivity index (χ4n) is 7.11. The second-order valence-electron chi connectivity index (χ2n) is 14.2. The van der Waals surface area contributed by atoms with E-state index in [9.17, 15) is 24.9 Å². The zero-order valence-electron chi connectivity index (χ0n) is 30.7. The SMILES string of the molecule is O=C(OCC1CCN(Cc2ccc(OCCCCCCNCC(O)c3ccc(O)c4[nH]c(=O)ccc34)cc2)CC1)C(O)(c1ccccc1)c1ccccc1. The first-order valence-electron chi connectivity index (χ1n) is 19.0. The molecule has 10 nitrogen and oxygen atoms in total. The second kappa shape index (κ2) is 18.9. The summed E-state index contributed by atoms with van der Waals surface area (Å²) >= 11 is 0. The molecule has 2 heterocycles. The molecule has 54 heavy (non-hydrogen) atoms. The third kappa shape index (κ3) is 9.95. The number of aromatic amines is 1. The van der Waals surface area contributed by atoms with Crippen LogP contribution in [0.1, 0.15) is 66.9 Å². The number of aliphatic hydroxyl groups excluding tert-OH is 1. The third-order valence-corrected chi connectivity index (χ3v) is 10.3. The van der Waals surface area contributed by atoms with Gasteiger partial charge < -0.3 is 35.1 Å². The zero-order chi connectivity index (χ0) is 37.8. The zero-order valence-corrected chi connectivity index (χ0v) is 30.7. The van der Waals surface area contributed by atoms with Gasteiger partial charge in [-0.1, -0.05) is 91.7 Å². The minimum Gasteiger partial charge on any atom is -0.506 e. The topological polar surface area (TPSA) is 144 Å². The summed E-state index contributed by atoms with van der Waals surface area (Å²) < 4.78 is 11.8. The maximum Gasteiger partial charge on any atom is 0.347 e. The summed E-state index contributed by atoms with van der Waals surface area (Å²) in [5.74, 6) is 0.449. The van der Waals surface area contributed by atoms with E-state index in [0.717, 1.165) is 70.5 Å². The summed E-state index contributed by atoms with van der Waals surface area (Å²) in [5, 5.41) is 36.4. The molecule has 5 aromatic rings. The molecule has 284 valence electrons. The molecule has 1 atom stereocenters. The lowest BCUT2D eigenvalue weighted by Crippen LogP contribution is -2.40. The molecule has 0 amide bonds. The Balaban J connectivity index is 0.833. The van der Waals surface area contributed by atoms with Crippen LogP contribution in [0.25, 0.3) is 10.9 Å². The number of hydrogen-bond donors (Lipinski definition) is 5. The highest BCUT2D eigenvalue weighted by Gasteiger charge is 2.42. The van der Waals surface area contributed by atoms with Crippen molar-refractivity contribution in [1.29, 1.82) is 0 Å². The summed E-state index contributed by atoms with van der Waals surface area (Å²) in [4.78, 5) is 30.1. The van der Waals surface area contributed by atoms with E-state index < -0.39 is 17.7 Å². The molecule has 5 N–H and O–H groups in total. The first-order chi connectivity index (χ1) is 26.3. The number of fused-ring (bicyclic) bond motifs is 1. The number of benzene rings is 4. The number of aliphatic hydroxyl groups is 2. The number of ether oxygens (including phenoxy) is 2. The van der Waals surface area contributed by atoms with Crippen LogP contribution in [-0.2, 0) is 21.7 Å². The van der Waals surface area contributed by atoms with Gasteiger partial charge in [0.05, 0.1) is 24.8 Å². The summed E-state index contributed by atoms with van der Waals surface area (Å²) in [5.41, 5.74) is 1.05. The monoisotopic (exact) mass is 733 g/mol. The van der Waals surface area contributed by atoms with Crippen molar-refractivity contribution in [3.8, 4) is 11.5 Å². The fourth-order valence-corrected chi connectivity index (χ4v) is 7.11. The lowest BCUT2D eigenvalue weighted by Gasteiger charge is -2.33. The van der Waals surface area contributed by atoms with E-state index in [1.54, 1.807) is 36.4 Å². The maximum atomic E-state index is 13.4. The molecule has 0 spiro atoms. The average Bonchev–Trinajstić information content (AvgIpc) is 3.21. The minimum absolute atomic E-state index is 0.0179. The number of piperidine rings is 1. The van der Waals surface area contributed by atoms with Crippen LogP contribution < -0.4 is 15.6 Å². The average molecular weight is 734 g/mol. The van der Waals surface area contributed by atoms with Gasteiger partial charge in [-0.2, -0.15) is 0 Å². The van der Waals surface area contributed by atoms with Gasteiger partial charge >= 0.3 is 5.97 Å². The van der Waals surface area contributed by atoms with Gasteiger partial charge in [-0.25, -0.2) is 4.79 Å². The third-order valence-electron chi connectivity index (χ3n) is 10.3. The van der Waals surface area contributed by atoms with Gasteiger partial charge in [-0.05, 0) is 97.8 Å². The number of unbranched alkanes of at least 4 members (excludes halogenated alkanes) is 3. The summed E-state index contributed by atoms with van der Waals surface area (Å²) in [6.45, 7) is 4.79. The van der Waals surface area contributed by atoms with Crippen molar-refractivity contribution in [2.24, 2.45) is 5.92 Å². The summed E-state index contributed by atoms with van der Waals surface area (Å²) in [6, 6.07) is 32.5. The van der Waals surface area contributed by atoms with Crippen LogP contribution in [0.3, 0.4) is 0 Å². The van der Waals surface area contributed by atoms with Gasteiger partial charge in [0.1, 0.15) is 11.5 Å². The molecule has 6 rings (SSSR count). The lowest BCUT2D eigenvalue weighted by atomic mass is 9.86. The van der Waals surface area contributed by atoms with Crippen LogP contribution in [0.15, 0.2) is 114 Å². The number of nitrogens with one attached hydrogen (secondary N) is 2. The molecule has 1 saturated heterocycles. The number of phenols is 1. The van der Waals surface area contributed by atoms with Gasteiger partial charge in [0.2, 0.25) is 11.2 Å². The van der Waals surface area contributed by atoms with Crippen molar-refractivity contribution in [1.82, 2.24) is 15.2 Å². The van der Waals surface area contributed by atoms with E-state index in [4.69, 9.17) is 9.47 Å². The Labute approximate surface area is 316 Å². The number of carbonyl (C=O) groups excluding carboxylic acids is 1. The van der Waals surface area contributed by atoms with Gasteiger partial charge in [-0.3, -0.25) is 9.69 Å². The lowest BCUT2D eigenvalue weighted by molar-refractivity contribution is -0.164. The van der Waals surface area contributed by atoms with E-state index in [0.29, 0.717) is 40.7 Å². The Kier molecular flexibility index (Phi) is 13.5. The van der Waals surface area contributed by atoms with Crippen molar-refractivity contribution in [3.05, 3.63) is 142 Å². The number of H-pyrrole nitrogens is 1. The van der Waals surface area contributed by atoms with Crippen LogP contribution in [0, 0.1) is 5.92 Å². The number of pyridine rings is 1. The molecule has 0 bridgehead atoms. The van der Waals surface area contributed by atoms with Crippen LogP contribution in [0.5, 0.6) is 11.5 Å². The summed E-state index contributed by atoms with van der Waals surface area (Å²) in [6.07, 6.45) is 5.13. The van der Waals surface area contributed by atoms with Gasteiger partial charge in [0, 0.05) is 24.5 Å². The highest BCUT2D eigenvalue weighted by atomic mass is 16.5. The molecule has 1 unspecified atom stereocenters. The number of likely N-dealkylation sites (tertiary alicyclic amines) is 1. The number of esters is 1. The molecule has 1 aliphatic rings. The first kappa shape index (κ1) is 38.7. The van der Waals surface area contributed by atoms with Crippen LogP contribution >= 0.6 is 0 Å². The Morgan fingerprint density at radius 1 is 0.852 bits per heavy atom. The molecule has 1 aromatic heterocycles. The molecular weight excluding hydrogens is 682 g/mol. The number of hydrogen-bond acceptors (Lipinski definition) is 9. The first-order valence-corrected chi connectivity index (χ1v) is 19.0. The fraction of sp³-hybridized carbons (Fsp3) is 0.364. The highest BCUT2D eigenvalue weighted by Crippen LogP contribution is 2.32. The maximum absolute atomic E-state index is 13.4. The predicted molar refractivity (Wildman–Crippen MR) is 209 cm³/mol. The number of aromatic hydroxyl groups is 1. The quantitative estimate of drug-likeness (QED) is 0.0526. The predicted octanol–water partition coefficient (Wildman–Crippen LogP) is 6.19. The van der Waals surface area contributed by atoms with Crippen molar-refractivity contribution in [2.75, 3.05) is 39.4 Å². The standard InChI is InChI=1S/C44H51N3O7/c48-39-21-19-37(38-20-22-41(50)46-42(38)39)40(49)29-45-25-9-1-2-10-28-53-36-17-15-32(16-18-36)30-47-26-23-33(24-27-47)31-54-43(51)44(52,34-11-5-3-6-12-34)35-13-7-4-8-14-35/h3-8,11-22,33,40,45,48-49,52H,1-2,9-10,23-31H2,(H,46,50). The molecule has 1 fully saturated rings. The number of carbonyl (C=O) groups is 1. The van der Waals surface area contributed by atoms with E-state index in [1.165, 1.54) is 17.7 Å². The summed E-state index contributed by atoms with van der Waals surface area (Å²) in [7, 11) is 0. The number of nitrogens with zero attached hydrogens (tertiary/aromatic N) is 1. The molecule has 0 radical (unpaired) electrons. The van der Waals surface area contributed by atoms with Crippen molar-refractivity contribution in [3.63, 3.8) is 0 Å². The number of rotatable bonds is 18. The van der Waals surface area contributed by atoms with E-state index >= 15 is 0 Å². The van der Waals surface area contributed by atoms with Gasteiger partial charge in [-0.15, -0.1) is 0 Å². The second-order valence-corrected chi connectivity index (χ2v) is 14.2. The van der Waals surface area contributed by atoms with E-state index in [1.807, 2.05) is 48.5 Å². The normalized spacial score (nSPS) is 14.6.